The topological polar surface area (TPSA) is 61.4 Å². The molecule has 0 bridgehead atoms. The standard InChI is InChI=1S/C27H26ClN3O2/c28-23-14-20-15-26(32)29-24(20)16-25(23)30-27(33)19-9-10-22(18-7-3-1-4-8-18)21(13-19)17-31-11-5-2-6-12-31/h1,3-4,7-10,13-14,16H,2,5-6,11-12,15,17H2,(H,29,32)(H,30,33). The molecule has 168 valence electrons. The maximum atomic E-state index is 13.2. The number of carbonyl (C=O) groups excluding carboxylic acids is 2. The molecule has 2 aliphatic rings. The van der Waals surface area contributed by atoms with Crippen LogP contribution in [0.4, 0.5) is 11.4 Å². The third-order valence-electron chi connectivity index (χ3n) is 6.36. The van der Waals surface area contributed by atoms with E-state index in [2.05, 4.69) is 27.7 Å². The van der Waals surface area contributed by atoms with Crippen molar-refractivity contribution in [2.75, 3.05) is 23.7 Å². The van der Waals surface area contributed by atoms with Gasteiger partial charge in [-0.1, -0.05) is 54.4 Å². The number of rotatable bonds is 5. The zero-order chi connectivity index (χ0) is 22.8. The summed E-state index contributed by atoms with van der Waals surface area (Å²) in [5.74, 6) is -0.288. The van der Waals surface area contributed by atoms with E-state index < -0.39 is 0 Å². The molecular weight excluding hydrogens is 434 g/mol. The van der Waals surface area contributed by atoms with E-state index in [1.165, 1.54) is 19.3 Å². The first-order valence-corrected chi connectivity index (χ1v) is 11.8. The summed E-state index contributed by atoms with van der Waals surface area (Å²) in [5.41, 5.74) is 6.06. The molecule has 2 amide bonds. The summed E-state index contributed by atoms with van der Waals surface area (Å²) in [4.78, 5) is 27.3. The third-order valence-corrected chi connectivity index (χ3v) is 6.67. The Labute approximate surface area is 198 Å². The van der Waals surface area contributed by atoms with Gasteiger partial charge < -0.3 is 10.6 Å². The predicted octanol–water partition coefficient (Wildman–Crippen LogP) is 5.74. The summed E-state index contributed by atoms with van der Waals surface area (Å²) in [6, 6.07) is 19.7. The number of likely N-dealkylation sites (tertiary alicyclic amines) is 1. The molecule has 2 heterocycles. The number of piperidine rings is 1. The third kappa shape index (κ3) is 4.80. The Bertz CT molecular complexity index is 1200. The van der Waals surface area contributed by atoms with Gasteiger partial charge in [0.25, 0.3) is 5.91 Å². The van der Waals surface area contributed by atoms with Crippen molar-refractivity contribution in [3.63, 3.8) is 0 Å². The monoisotopic (exact) mass is 459 g/mol. The molecule has 33 heavy (non-hydrogen) atoms. The van der Waals surface area contributed by atoms with Crippen molar-refractivity contribution >= 4 is 34.8 Å². The summed E-state index contributed by atoms with van der Waals surface area (Å²) in [5, 5.41) is 6.15. The van der Waals surface area contributed by atoms with Crippen LogP contribution < -0.4 is 10.6 Å². The molecule has 5 rings (SSSR count). The van der Waals surface area contributed by atoms with Crippen LogP contribution in [-0.2, 0) is 17.8 Å². The van der Waals surface area contributed by atoms with Gasteiger partial charge in [0.05, 0.1) is 17.1 Å². The van der Waals surface area contributed by atoms with Crippen LogP contribution in [0.5, 0.6) is 0 Å². The first-order valence-electron chi connectivity index (χ1n) is 11.4. The average Bonchev–Trinajstić information content (AvgIpc) is 3.19. The van der Waals surface area contributed by atoms with E-state index in [1.54, 1.807) is 12.1 Å². The molecule has 0 aliphatic carbocycles. The van der Waals surface area contributed by atoms with E-state index in [4.69, 9.17) is 11.6 Å². The highest BCUT2D eigenvalue weighted by Gasteiger charge is 2.21. The van der Waals surface area contributed by atoms with E-state index in [9.17, 15) is 9.59 Å². The smallest absolute Gasteiger partial charge is 0.255 e. The van der Waals surface area contributed by atoms with Crippen LogP contribution in [-0.4, -0.2) is 29.8 Å². The highest BCUT2D eigenvalue weighted by molar-refractivity contribution is 6.34. The number of nitrogens with one attached hydrogen (secondary N) is 2. The van der Waals surface area contributed by atoms with Crippen LogP contribution in [0.25, 0.3) is 11.1 Å². The molecule has 2 aliphatic heterocycles. The molecule has 3 aromatic carbocycles. The van der Waals surface area contributed by atoms with Gasteiger partial charge in [-0.25, -0.2) is 0 Å². The lowest BCUT2D eigenvalue weighted by Crippen LogP contribution is -2.29. The molecule has 0 radical (unpaired) electrons. The Hall–Kier alpha value is -3.15. The van der Waals surface area contributed by atoms with Crippen molar-refractivity contribution in [3.8, 4) is 11.1 Å². The summed E-state index contributed by atoms with van der Waals surface area (Å²) in [6.07, 6.45) is 4.03. The lowest BCUT2D eigenvalue weighted by molar-refractivity contribution is -0.115. The number of carbonyl (C=O) groups is 2. The number of hydrogen-bond donors (Lipinski definition) is 2. The summed E-state index contributed by atoms with van der Waals surface area (Å²) >= 11 is 6.39. The van der Waals surface area contributed by atoms with E-state index in [0.717, 1.165) is 41.9 Å². The van der Waals surface area contributed by atoms with Crippen LogP contribution in [0.2, 0.25) is 5.02 Å². The number of halogens is 1. The van der Waals surface area contributed by atoms with Gasteiger partial charge in [-0.15, -0.1) is 0 Å². The van der Waals surface area contributed by atoms with Crippen LogP contribution >= 0.6 is 11.6 Å². The minimum atomic E-state index is -0.222. The molecule has 1 saturated heterocycles. The molecule has 0 spiro atoms. The highest BCUT2D eigenvalue weighted by atomic mass is 35.5. The molecule has 6 heteroatoms. The van der Waals surface area contributed by atoms with Crippen molar-refractivity contribution in [1.82, 2.24) is 4.90 Å². The fraction of sp³-hybridized carbons (Fsp3) is 0.259. The Morgan fingerprint density at radius 1 is 1.00 bits per heavy atom. The van der Waals surface area contributed by atoms with Gasteiger partial charge in [0, 0.05) is 17.8 Å². The number of nitrogens with zero attached hydrogens (tertiary/aromatic N) is 1. The van der Waals surface area contributed by atoms with Crippen molar-refractivity contribution in [1.29, 1.82) is 0 Å². The van der Waals surface area contributed by atoms with Gasteiger partial charge >= 0.3 is 0 Å². The van der Waals surface area contributed by atoms with Crippen LogP contribution in [0.3, 0.4) is 0 Å². The number of benzene rings is 3. The molecule has 0 saturated carbocycles. The molecule has 0 unspecified atom stereocenters. The Morgan fingerprint density at radius 3 is 2.58 bits per heavy atom. The maximum absolute atomic E-state index is 13.2. The van der Waals surface area contributed by atoms with E-state index in [0.29, 0.717) is 28.4 Å². The molecule has 0 aromatic heterocycles. The van der Waals surface area contributed by atoms with E-state index in [1.807, 2.05) is 36.4 Å². The number of hydrogen-bond acceptors (Lipinski definition) is 3. The number of fused-ring (bicyclic) bond motifs is 1. The zero-order valence-corrected chi connectivity index (χ0v) is 19.1. The fourth-order valence-electron chi connectivity index (χ4n) is 4.66. The van der Waals surface area contributed by atoms with E-state index >= 15 is 0 Å². The molecule has 5 nitrogen and oxygen atoms in total. The molecule has 2 N–H and O–H groups in total. The van der Waals surface area contributed by atoms with Gasteiger partial charge in [-0.3, -0.25) is 14.5 Å². The van der Waals surface area contributed by atoms with Crippen LogP contribution in [0.1, 0.15) is 40.7 Å². The highest BCUT2D eigenvalue weighted by Crippen LogP contribution is 2.33. The Balaban J connectivity index is 1.43. The minimum Gasteiger partial charge on any atom is -0.325 e. The first kappa shape index (κ1) is 21.7. The zero-order valence-electron chi connectivity index (χ0n) is 18.4. The minimum absolute atomic E-state index is 0.0663. The normalized spacial score (nSPS) is 15.7. The lowest BCUT2D eigenvalue weighted by atomic mass is 9.96. The van der Waals surface area contributed by atoms with Gasteiger partial charge in [0.2, 0.25) is 5.91 Å². The molecule has 3 aromatic rings. The van der Waals surface area contributed by atoms with Gasteiger partial charge in [0.15, 0.2) is 0 Å². The summed E-state index contributed by atoms with van der Waals surface area (Å²) in [7, 11) is 0. The quantitative estimate of drug-likeness (QED) is 0.511. The second kappa shape index (κ2) is 9.38. The maximum Gasteiger partial charge on any atom is 0.255 e. The van der Waals surface area contributed by atoms with Crippen LogP contribution in [0, 0.1) is 0 Å². The fourth-order valence-corrected chi connectivity index (χ4v) is 4.89. The van der Waals surface area contributed by atoms with Gasteiger partial charge in [0.1, 0.15) is 0 Å². The second-order valence-electron chi connectivity index (χ2n) is 8.74. The van der Waals surface area contributed by atoms with Crippen molar-refractivity contribution in [2.24, 2.45) is 0 Å². The number of amides is 2. The van der Waals surface area contributed by atoms with Crippen molar-refractivity contribution in [3.05, 3.63) is 82.4 Å². The number of anilines is 2. The van der Waals surface area contributed by atoms with Crippen LogP contribution in [0.15, 0.2) is 60.7 Å². The molecule has 0 atom stereocenters. The largest absolute Gasteiger partial charge is 0.325 e. The molecular formula is C27H26ClN3O2. The van der Waals surface area contributed by atoms with Gasteiger partial charge in [-0.2, -0.15) is 0 Å². The second-order valence-corrected chi connectivity index (χ2v) is 9.15. The molecule has 1 fully saturated rings. The first-order chi connectivity index (χ1) is 16.1. The Kier molecular flexibility index (Phi) is 6.16. The SMILES string of the molecule is O=C1Cc2cc(Cl)c(NC(=O)c3ccc(-c4ccccc4)c(CN4CCCCC4)c3)cc2N1. The van der Waals surface area contributed by atoms with E-state index in [-0.39, 0.29) is 11.8 Å². The Morgan fingerprint density at radius 2 is 1.79 bits per heavy atom. The van der Waals surface area contributed by atoms with Gasteiger partial charge in [-0.05, 0) is 72.5 Å². The average molecular weight is 460 g/mol. The lowest BCUT2D eigenvalue weighted by Gasteiger charge is -2.27. The summed E-state index contributed by atoms with van der Waals surface area (Å²) in [6.45, 7) is 2.99. The van der Waals surface area contributed by atoms with Crippen molar-refractivity contribution in [2.45, 2.75) is 32.2 Å². The van der Waals surface area contributed by atoms with Crippen molar-refractivity contribution < 1.29 is 9.59 Å². The predicted molar refractivity (Wildman–Crippen MR) is 133 cm³/mol. The summed E-state index contributed by atoms with van der Waals surface area (Å²) < 4.78 is 0.